The molecule has 29 heavy (non-hydrogen) atoms. The Morgan fingerprint density at radius 3 is 2.28 bits per heavy atom. The van der Waals surface area contributed by atoms with Gasteiger partial charge in [0.25, 0.3) is 5.91 Å². The standard InChI is InChI=1S/C21H29N3O4S/c1-16(2)18-6-8-19(9-7-18)29(26,27)24-12-10-23(11-13-24)21(25)15-22-17(3)20-5-4-14-28-20/h4-9,14,16-17,22H,10-13,15H2,1-3H3/p+1/t17-/m0/s1. The molecule has 8 heteroatoms. The van der Waals surface area contributed by atoms with E-state index in [0.29, 0.717) is 43.5 Å². The molecule has 1 fully saturated rings. The van der Waals surface area contributed by atoms with E-state index in [1.165, 1.54) is 4.31 Å². The molecule has 3 rings (SSSR count). The van der Waals surface area contributed by atoms with Crippen LogP contribution in [0, 0.1) is 0 Å². The van der Waals surface area contributed by atoms with Crippen LogP contribution in [0.15, 0.2) is 52.0 Å². The molecule has 2 heterocycles. The van der Waals surface area contributed by atoms with Crippen LogP contribution < -0.4 is 5.32 Å². The van der Waals surface area contributed by atoms with E-state index in [1.54, 1.807) is 23.3 Å². The van der Waals surface area contributed by atoms with Crippen LogP contribution in [0.5, 0.6) is 0 Å². The Kier molecular flexibility index (Phi) is 6.77. The number of carbonyl (C=O) groups excluding carboxylic acids is 1. The first-order valence-corrected chi connectivity index (χ1v) is 11.5. The van der Waals surface area contributed by atoms with Gasteiger partial charge in [0, 0.05) is 26.2 Å². The second kappa shape index (κ2) is 9.11. The number of sulfonamides is 1. The lowest BCUT2D eigenvalue weighted by Gasteiger charge is -2.33. The molecule has 2 aromatic rings. The summed E-state index contributed by atoms with van der Waals surface area (Å²) in [5.74, 6) is 1.20. The largest absolute Gasteiger partial charge is 0.463 e. The second-order valence-electron chi connectivity index (χ2n) is 7.75. The molecule has 1 aliphatic heterocycles. The zero-order valence-electron chi connectivity index (χ0n) is 17.2. The smallest absolute Gasteiger partial charge is 0.277 e. The maximum atomic E-state index is 12.9. The molecule has 1 amide bonds. The van der Waals surface area contributed by atoms with Gasteiger partial charge in [-0.15, -0.1) is 0 Å². The van der Waals surface area contributed by atoms with Crippen molar-refractivity contribution >= 4 is 15.9 Å². The zero-order chi connectivity index (χ0) is 21.0. The predicted molar refractivity (Wildman–Crippen MR) is 110 cm³/mol. The number of hydrogen-bond donors (Lipinski definition) is 1. The number of rotatable bonds is 7. The highest BCUT2D eigenvalue weighted by atomic mass is 32.2. The average molecular weight is 421 g/mol. The maximum absolute atomic E-state index is 12.9. The third-order valence-corrected chi connectivity index (χ3v) is 7.33. The van der Waals surface area contributed by atoms with Crippen molar-refractivity contribution in [3.8, 4) is 0 Å². The van der Waals surface area contributed by atoms with Gasteiger partial charge in [-0.25, -0.2) is 8.42 Å². The summed E-state index contributed by atoms with van der Waals surface area (Å²) < 4.78 is 32.6. The van der Waals surface area contributed by atoms with E-state index in [0.717, 1.165) is 11.3 Å². The molecule has 2 N–H and O–H groups in total. The van der Waals surface area contributed by atoms with Crippen LogP contribution in [-0.4, -0.2) is 56.3 Å². The summed E-state index contributed by atoms with van der Waals surface area (Å²) in [6.45, 7) is 7.89. The Morgan fingerprint density at radius 2 is 1.72 bits per heavy atom. The summed E-state index contributed by atoms with van der Waals surface area (Å²) >= 11 is 0. The van der Waals surface area contributed by atoms with Gasteiger partial charge in [0.15, 0.2) is 12.3 Å². The van der Waals surface area contributed by atoms with Gasteiger partial charge in [-0.2, -0.15) is 4.31 Å². The van der Waals surface area contributed by atoms with Crippen LogP contribution in [0.25, 0.3) is 0 Å². The maximum Gasteiger partial charge on any atom is 0.277 e. The highest BCUT2D eigenvalue weighted by Gasteiger charge is 2.30. The molecule has 1 saturated heterocycles. The van der Waals surface area contributed by atoms with Crippen LogP contribution >= 0.6 is 0 Å². The quantitative estimate of drug-likeness (QED) is 0.736. The zero-order valence-corrected chi connectivity index (χ0v) is 18.1. The van der Waals surface area contributed by atoms with Gasteiger partial charge >= 0.3 is 0 Å². The van der Waals surface area contributed by atoms with Crippen LogP contribution in [0.2, 0.25) is 0 Å². The minimum absolute atomic E-state index is 0.0155. The molecule has 1 aromatic heterocycles. The molecule has 0 radical (unpaired) electrons. The van der Waals surface area contributed by atoms with Gasteiger partial charge in [-0.05, 0) is 42.7 Å². The Labute approximate surface area is 172 Å². The van der Waals surface area contributed by atoms with E-state index in [2.05, 4.69) is 13.8 Å². The fourth-order valence-electron chi connectivity index (χ4n) is 3.42. The Balaban J connectivity index is 1.53. The van der Waals surface area contributed by atoms with Crippen LogP contribution in [-0.2, 0) is 14.8 Å². The Morgan fingerprint density at radius 1 is 1.07 bits per heavy atom. The summed E-state index contributed by atoms with van der Waals surface area (Å²) in [5.41, 5.74) is 1.11. The van der Waals surface area contributed by atoms with E-state index >= 15 is 0 Å². The third kappa shape index (κ3) is 5.07. The third-order valence-electron chi connectivity index (χ3n) is 5.41. The summed E-state index contributed by atoms with van der Waals surface area (Å²) in [4.78, 5) is 14.5. The van der Waals surface area contributed by atoms with Crippen molar-refractivity contribution in [2.75, 3.05) is 32.7 Å². The lowest BCUT2D eigenvalue weighted by atomic mass is 10.0. The van der Waals surface area contributed by atoms with E-state index in [1.807, 2.05) is 36.5 Å². The van der Waals surface area contributed by atoms with Gasteiger partial charge in [-0.3, -0.25) is 4.79 Å². The molecule has 1 aromatic carbocycles. The highest BCUT2D eigenvalue weighted by Crippen LogP contribution is 2.21. The summed E-state index contributed by atoms with van der Waals surface area (Å²) in [6.07, 6.45) is 1.62. The van der Waals surface area contributed by atoms with Crippen molar-refractivity contribution in [3.05, 3.63) is 54.0 Å². The number of amides is 1. The summed E-state index contributed by atoms with van der Waals surface area (Å²) in [7, 11) is -3.53. The average Bonchev–Trinajstić information content (AvgIpc) is 3.27. The van der Waals surface area contributed by atoms with E-state index in [9.17, 15) is 13.2 Å². The molecule has 7 nitrogen and oxygen atoms in total. The van der Waals surface area contributed by atoms with Gasteiger partial charge in [0.05, 0.1) is 11.2 Å². The first kappa shape index (κ1) is 21.5. The lowest BCUT2D eigenvalue weighted by molar-refractivity contribution is -0.685. The molecule has 1 atom stereocenters. The summed E-state index contributed by atoms with van der Waals surface area (Å²) in [6, 6.07) is 10.9. The topological polar surface area (TPSA) is 87.4 Å². The van der Waals surface area contributed by atoms with E-state index in [4.69, 9.17) is 4.42 Å². The fourth-order valence-corrected chi connectivity index (χ4v) is 4.85. The molecule has 0 unspecified atom stereocenters. The first-order valence-electron chi connectivity index (χ1n) is 10.0. The number of nitrogens with two attached hydrogens (primary N) is 1. The number of carbonyl (C=O) groups is 1. The summed E-state index contributed by atoms with van der Waals surface area (Å²) in [5, 5.41) is 1.93. The second-order valence-corrected chi connectivity index (χ2v) is 9.69. The monoisotopic (exact) mass is 420 g/mol. The minimum atomic E-state index is -3.53. The van der Waals surface area contributed by atoms with Gasteiger partial charge in [0.1, 0.15) is 6.04 Å². The van der Waals surface area contributed by atoms with Crippen molar-refractivity contribution < 1.29 is 22.9 Å². The number of benzene rings is 1. The molecule has 0 saturated carbocycles. The molecule has 1 aliphatic rings. The molecular weight excluding hydrogens is 390 g/mol. The molecular formula is C21H30N3O4S+. The molecule has 0 aliphatic carbocycles. The normalized spacial score (nSPS) is 16.9. The van der Waals surface area contributed by atoms with Gasteiger partial charge < -0.3 is 14.6 Å². The van der Waals surface area contributed by atoms with E-state index in [-0.39, 0.29) is 11.9 Å². The van der Waals surface area contributed by atoms with Crippen molar-refractivity contribution in [1.82, 2.24) is 9.21 Å². The van der Waals surface area contributed by atoms with Gasteiger partial charge in [-0.1, -0.05) is 26.0 Å². The minimum Gasteiger partial charge on any atom is -0.463 e. The predicted octanol–water partition coefficient (Wildman–Crippen LogP) is 1.56. The number of furan rings is 1. The van der Waals surface area contributed by atoms with Crippen molar-refractivity contribution in [2.24, 2.45) is 0 Å². The van der Waals surface area contributed by atoms with Crippen LogP contribution in [0.3, 0.4) is 0 Å². The van der Waals surface area contributed by atoms with Crippen molar-refractivity contribution in [3.63, 3.8) is 0 Å². The van der Waals surface area contributed by atoms with Crippen molar-refractivity contribution in [2.45, 2.75) is 37.6 Å². The number of piperazine rings is 1. The number of quaternary nitrogens is 1. The van der Waals surface area contributed by atoms with Crippen LogP contribution in [0.1, 0.15) is 44.1 Å². The number of hydrogen-bond acceptors (Lipinski definition) is 4. The first-order chi connectivity index (χ1) is 13.8. The Bertz CT molecular complexity index is 900. The molecule has 158 valence electrons. The molecule has 0 spiro atoms. The van der Waals surface area contributed by atoms with E-state index < -0.39 is 10.0 Å². The lowest BCUT2D eigenvalue weighted by Crippen LogP contribution is -2.87. The fraction of sp³-hybridized carbons (Fsp3) is 0.476. The van der Waals surface area contributed by atoms with Crippen molar-refractivity contribution in [1.29, 1.82) is 0 Å². The Hall–Kier alpha value is -2.16. The molecule has 0 bridgehead atoms. The number of nitrogens with zero attached hydrogens (tertiary/aromatic N) is 2. The SMILES string of the molecule is CC(C)c1ccc(S(=O)(=O)N2CCN(C(=O)C[NH2+][C@@H](C)c3ccco3)CC2)cc1. The highest BCUT2D eigenvalue weighted by molar-refractivity contribution is 7.89. The van der Waals surface area contributed by atoms with Crippen LogP contribution in [0.4, 0.5) is 0 Å². The van der Waals surface area contributed by atoms with Gasteiger partial charge in [0.2, 0.25) is 10.0 Å².